The molecule has 0 radical (unpaired) electrons. The number of nitrogens with two attached hydrogens (primary N) is 1. The van der Waals surface area contributed by atoms with Crippen molar-refractivity contribution in [3.63, 3.8) is 0 Å². The molecule has 0 unspecified atom stereocenters. The van der Waals surface area contributed by atoms with Crippen molar-refractivity contribution in [2.24, 2.45) is 10.7 Å². The largest absolute Gasteiger partial charge is 0.383 e. The van der Waals surface area contributed by atoms with E-state index in [1.54, 1.807) is 0 Å². The number of nitrogens with zero attached hydrogens (tertiary/aromatic N) is 2. The predicted molar refractivity (Wildman–Crippen MR) is 178 cm³/mol. The zero-order valence-corrected chi connectivity index (χ0v) is 23.1. The molecule has 42 heavy (non-hydrogen) atoms. The first-order chi connectivity index (χ1) is 20.7. The maximum absolute atomic E-state index is 6.58. The Morgan fingerprint density at radius 2 is 1.05 bits per heavy atom. The highest BCUT2D eigenvalue weighted by molar-refractivity contribution is 6.09. The second-order valence-corrected chi connectivity index (χ2v) is 10.4. The SMILES string of the molecule is C=C(c1ccc(-c2ccccc2)cc1)c1ccccc1N=C(N)c1ccc(-n2c3ccccc3c3ccccc32)cc1. The van der Waals surface area contributed by atoms with Gasteiger partial charge >= 0.3 is 0 Å². The van der Waals surface area contributed by atoms with Crippen molar-refractivity contribution in [2.75, 3.05) is 0 Å². The molecule has 7 aromatic rings. The maximum Gasteiger partial charge on any atom is 0.131 e. The van der Waals surface area contributed by atoms with E-state index in [1.165, 1.54) is 32.9 Å². The van der Waals surface area contributed by atoms with E-state index in [4.69, 9.17) is 10.7 Å². The molecule has 0 atom stereocenters. The number of aromatic nitrogens is 1. The van der Waals surface area contributed by atoms with Crippen LogP contribution in [0.25, 0.3) is 44.2 Å². The van der Waals surface area contributed by atoms with Crippen LogP contribution in [0.4, 0.5) is 5.69 Å². The van der Waals surface area contributed by atoms with Crippen LogP contribution in [0.2, 0.25) is 0 Å². The van der Waals surface area contributed by atoms with Gasteiger partial charge in [-0.2, -0.15) is 0 Å². The van der Waals surface area contributed by atoms with Crippen LogP contribution in [0.3, 0.4) is 0 Å². The van der Waals surface area contributed by atoms with Gasteiger partial charge in [-0.25, -0.2) is 4.99 Å². The standard InChI is InChI=1S/C39H29N3/c1-27(28-19-21-30(22-20-28)29-11-3-2-4-12-29)33-13-5-8-16-36(33)41-39(40)31-23-25-32(26-24-31)42-37-17-9-6-14-34(37)35-15-7-10-18-38(35)42/h2-26H,1H2,(H2,40,41). The lowest BCUT2D eigenvalue weighted by atomic mass is 9.96. The Bertz CT molecular complexity index is 2030. The van der Waals surface area contributed by atoms with E-state index in [0.29, 0.717) is 5.84 Å². The summed E-state index contributed by atoms with van der Waals surface area (Å²) >= 11 is 0. The van der Waals surface area contributed by atoms with Gasteiger partial charge in [0.1, 0.15) is 5.84 Å². The highest BCUT2D eigenvalue weighted by Gasteiger charge is 2.12. The summed E-state index contributed by atoms with van der Waals surface area (Å²) in [6, 6.07) is 52.2. The van der Waals surface area contributed by atoms with Crippen LogP contribution in [0.5, 0.6) is 0 Å². The Labute approximate surface area is 245 Å². The molecular weight excluding hydrogens is 510 g/mol. The molecule has 0 saturated heterocycles. The number of rotatable bonds is 6. The fraction of sp³-hybridized carbons (Fsp3) is 0. The van der Waals surface area contributed by atoms with Crippen molar-refractivity contribution in [3.8, 4) is 16.8 Å². The molecule has 0 fully saturated rings. The van der Waals surface area contributed by atoms with Gasteiger partial charge in [0.05, 0.1) is 16.7 Å². The zero-order valence-electron chi connectivity index (χ0n) is 23.1. The summed E-state index contributed by atoms with van der Waals surface area (Å²) in [6.45, 7) is 4.42. The smallest absolute Gasteiger partial charge is 0.131 e. The summed E-state index contributed by atoms with van der Waals surface area (Å²) in [5, 5.41) is 2.48. The Morgan fingerprint density at radius 1 is 0.524 bits per heavy atom. The Hall–Kier alpha value is -5.67. The molecule has 0 aliphatic rings. The van der Waals surface area contributed by atoms with E-state index < -0.39 is 0 Å². The Balaban J connectivity index is 1.19. The molecule has 1 heterocycles. The monoisotopic (exact) mass is 539 g/mol. The third-order valence-corrected chi connectivity index (χ3v) is 7.81. The van der Waals surface area contributed by atoms with E-state index >= 15 is 0 Å². The van der Waals surface area contributed by atoms with Gasteiger partial charge in [0, 0.05) is 27.6 Å². The van der Waals surface area contributed by atoms with Gasteiger partial charge in [0.25, 0.3) is 0 Å². The average molecular weight is 540 g/mol. The molecule has 0 aliphatic heterocycles. The molecule has 200 valence electrons. The van der Waals surface area contributed by atoms with Crippen LogP contribution >= 0.6 is 0 Å². The van der Waals surface area contributed by atoms with Gasteiger partial charge < -0.3 is 10.3 Å². The molecule has 3 nitrogen and oxygen atoms in total. The quantitative estimate of drug-likeness (QED) is 0.166. The lowest BCUT2D eigenvalue weighted by Gasteiger charge is -2.12. The van der Waals surface area contributed by atoms with Crippen LogP contribution < -0.4 is 5.73 Å². The average Bonchev–Trinajstić information content (AvgIpc) is 3.40. The van der Waals surface area contributed by atoms with Crippen LogP contribution in [-0.4, -0.2) is 10.4 Å². The molecule has 7 rings (SSSR count). The minimum Gasteiger partial charge on any atom is -0.383 e. The summed E-state index contributed by atoms with van der Waals surface area (Å²) < 4.78 is 2.30. The summed E-state index contributed by atoms with van der Waals surface area (Å²) in [5.41, 5.74) is 16.9. The van der Waals surface area contributed by atoms with Crippen molar-refractivity contribution >= 4 is 38.9 Å². The van der Waals surface area contributed by atoms with E-state index in [0.717, 1.165) is 33.6 Å². The first kappa shape index (κ1) is 25.3. The van der Waals surface area contributed by atoms with Crippen LogP contribution in [0, 0.1) is 0 Å². The third kappa shape index (κ3) is 4.57. The van der Waals surface area contributed by atoms with Gasteiger partial charge in [0.2, 0.25) is 0 Å². The fourth-order valence-corrected chi connectivity index (χ4v) is 5.65. The molecule has 0 saturated carbocycles. The van der Waals surface area contributed by atoms with Crippen molar-refractivity contribution in [1.29, 1.82) is 0 Å². The van der Waals surface area contributed by atoms with Gasteiger partial charge in [-0.05, 0) is 64.7 Å². The minimum absolute atomic E-state index is 0.462. The van der Waals surface area contributed by atoms with E-state index in [1.807, 2.05) is 42.5 Å². The number of hydrogen-bond acceptors (Lipinski definition) is 1. The number of amidine groups is 1. The fourth-order valence-electron chi connectivity index (χ4n) is 5.65. The number of para-hydroxylation sites is 3. The van der Waals surface area contributed by atoms with Crippen LogP contribution in [0.15, 0.2) is 163 Å². The van der Waals surface area contributed by atoms with Crippen LogP contribution in [0.1, 0.15) is 16.7 Å². The zero-order chi connectivity index (χ0) is 28.5. The van der Waals surface area contributed by atoms with E-state index in [2.05, 4.69) is 120 Å². The third-order valence-electron chi connectivity index (χ3n) is 7.81. The lowest BCUT2D eigenvalue weighted by molar-refractivity contribution is 1.18. The molecule has 0 amide bonds. The molecule has 2 N–H and O–H groups in total. The van der Waals surface area contributed by atoms with Gasteiger partial charge in [0.15, 0.2) is 0 Å². The molecular formula is C39H29N3. The Morgan fingerprint density at radius 3 is 1.71 bits per heavy atom. The number of benzene rings is 6. The van der Waals surface area contributed by atoms with Gasteiger partial charge in [-0.3, -0.25) is 0 Å². The molecule has 0 bridgehead atoms. The Kier molecular flexibility index (Phi) is 6.46. The summed E-state index contributed by atoms with van der Waals surface area (Å²) in [5.74, 6) is 0.462. The molecule has 6 aromatic carbocycles. The van der Waals surface area contributed by atoms with Crippen molar-refractivity contribution < 1.29 is 0 Å². The minimum atomic E-state index is 0.462. The number of aliphatic imine (C=N–C) groups is 1. The van der Waals surface area contributed by atoms with E-state index in [-0.39, 0.29) is 0 Å². The lowest BCUT2D eigenvalue weighted by Crippen LogP contribution is -2.13. The first-order valence-electron chi connectivity index (χ1n) is 14.0. The van der Waals surface area contributed by atoms with Gasteiger partial charge in [-0.1, -0.05) is 116 Å². The second-order valence-electron chi connectivity index (χ2n) is 10.4. The van der Waals surface area contributed by atoms with Crippen molar-refractivity contribution in [2.45, 2.75) is 0 Å². The second kappa shape index (κ2) is 10.7. The predicted octanol–water partition coefficient (Wildman–Crippen LogP) is 9.55. The maximum atomic E-state index is 6.58. The summed E-state index contributed by atoms with van der Waals surface area (Å²) in [4.78, 5) is 4.86. The van der Waals surface area contributed by atoms with E-state index in [9.17, 15) is 0 Å². The number of hydrogen-bond donors (Lipinski definition) is 1. The molecule has 1 aromatic heterocycles. The first-order valence-corrected chi connectivity index (χ1v) is 14.0. The van der Waals surface area contributed by atoms with Crippen LogP contribution in [-0.2, 0) is 0 Å². The summed E-state index contributed by atoms with van der Waals surface area (Å²) in [7, 11) is 0. The molecule has 0 aliphatic carbocycles. The molecule has 3 heteroatoms. The molecule has 0 spiro atoms. The van der Waals surface area contributed by atoms with Crippen molar-refractivity contribution in [1.82, 2.24) is 4.57 Å². The van der Waals surface area contributed by atoms with Gasteiger partial charge in [-0.15, -0.1) is 0 Å². The normalized spacial score (nSPS) is 11.7. The van der Waals surface area contributed by atoms with Crippen molar-refractivity contribution in [3.05, 3.63) is 175 Å². The highest BCUT2D eigenvalue weighted by atomic mass is 15.0. The topological polar surface area (TPSA) is 43.3 Å². The number of fused-ring (bicyclic) bond motifs is 3. The highest BCUT2D eigenvalue weighted by Crippen LogP contribution is 2.33. The summed E-state index contributed by atoms with van der Waals surface area (Å²) in [6.07, 6.45) is 0.